The molecule has 0 saturated heterocycles. The van der Waals surface area contributed by atoms with Crippen molar-refractivity contribution in [2.75, 3.05) is 5.32 Å². The number of nitrogens with one attached hydrogen (secondary N) is 1. The van der Waals surface area contributed by atoms with E-state index in [1.807, 2.05) is 25.1 Å². The van der Waals surface area contributed by atoms with Crippen LogP contribution >= 0.6 is 15.9 Å². The Morgan fingerprint density at radius 2 is 1.84 bits per heavy atom. The minimum absolute atomic E-state index is 0.178. The van der Waals surface area contributed by atoms with Crippen molar-refractivity contribution in [2.45, 2.75) is 26.3 Å². The lowest BCUT2D eigenvalue weighted by atomic mass is 10.1. The fourth-order valence-electron chi connectivity index (χ4n) is 2.09. The van der Waals surface area contributed by atoms with Gasteiger partial charge in [-0.25, -0.2) is 4.39 Å². The summed E-state index contributed by atoms with van der Waals surface area (Å²) in [4.78, 5) is 0. The first-order valence-corrected chi connectivity index (χ1v) is 7.11. The van der Waals surface area contributed by atoms with E-state index in [1.54, 1.807) is 6.07 Å². The highest BCUT2D eigenvalue weighted by Crippen LogP contribution is 2.20. The smallest absolute Gasteiger partial charge is 0.146 e. The molecule has 100 valence electrons. The van der Waals surface area contributed by atoms with E-state index < -0.39 is 0 Å². The predicted molar refractivity (Wildman–Crippen MR) is 82.1 cm³/mol. The second-order valence-corrected chi connectivity index (χ2v) is 5.72. The summed E-state index contributed by atoms with van der Waals surface area (Å²) in [5.41, 5.74) is 2.77. The molecule has 0 amide bonds. The molecule has 1 nitrogen and oxygen atoms in total. The molecule has 0 aliphatic heterocycles. The number of aryl methyl sites for hydroxylation is 1. The van der Waals surface area contributed by atoms with Gasteiger partial charge >= 0.3 is 0 Å². The van der Waals surface area contributed by atoms with E-state index in [4.69, 9.17) is 0 Å². The molecule has 2 aromatic rings. The predicted octanol–water partition coefficient (Wildman–Crippen LogP) is 4.94. The van der Waals surface area contributed by atoms with Gasteiger partial charge in [0.15, 0.2) is 0 Å². The SMILES string of the molecule is Cc1cccc(F)c1NC(C)Cc1ccc(Br)cc1. The molecule has 1 unspecified atom stereocenters. The number of benzene rings is 2. The summed E-state index contributed by atoms with van der Waals surface area (Å²) in [7, 11) is 0. The van der Waals surface area contributed by atoms with Gasteiger partial charge in [-0.1, -0.05) is 40.2 Å². The van der Waals surface area contributed by atoms with Gasteiger partial charge in [-0.15, -0.1) is 0 Å². The van der Waals surface area contributed by atoms with Crippen LogP contribution in [0.2, 0.25) is 0 Å². The molecule has 0 fully saturated rings. The maximum Gasteiger partial charge on any atom is 0.146 e. The quantitative estimate of drug-likeness (QED) is 0.841. The molecule has 1 atom stereocenters. The van der Waals surface area contributed by atoms with Crippen molar-refractivity contribution in [3.63, 3.8) is 0 Å². The molecule has 0 spiro atoms. The minimum atomic E-state index is -0.192. The van der Waals surface area contributed by atoms with Gasteiger partial charge in [0.1, 0.15) is 5.82 Å². The Hall–Kier alpha value is -1.35. The molecule has 0 radical (unpaired) electrons. The first-order valence-electron chi connectivity index (χ1n) is 6.32. The van der Waals surface area contributed by atoms with Crippen LogP contribution in [-0.2, 0) is 6.42 Å². The molecule has 0 aliphatic carbocycles. The molecule has 0 bridgehead atoms. The molecular weight excluding hydrogens is 305 g/mol. The molecule has 19 heavy (non-hydrogen) atoms. The van der Waals surface area contributed by atoms with E-state index in [9.17, 15) is 4.39 Å². The van der Waals surface area contributed by atoms with Crippen molar-refractivity contribution in [2.24, 2.45) is 0 Å². The Morgan fingerprint density at radius 1 is 1.16 bits per heavy atom. The van der Waals surface area contributed by atoms with E-state index in [0.29, 0.717) is 5.69 Å². The molecule has 2 aromatic carbocycles. The van der Waals surface area contributed by atoms with Gasteiger partial charge in [0.25, 0.3) is 0 Å². The highest BCUT2D eigenvalue weighted by atomic mass is 79.9. The summed E-state index contributed by atoms with van der Waals surface area (Å²) in [6.45, 7) is 3.98. The Labute approximate surface area is 122 Å². The van der Waals surface area contributed by atoms with Crippen LogP contribution in [0.5, 0.6) is 0 Å². The number of rotatable bonds is 4. The lowest BCUT2D eigenvalue weighted by Crippen LogP contribution is -2.19. The fraction of sp³-hybridized carbons (Fsp3) is 0.250. The lowest BCUT2D eigenvalue weighted by Gasteiger charge is -2.17. The normalized spacial score (nSPS) is 12.2. The Morgan fingerprint density at radius 3 is 2.47 bits per heavy atom. The average molecular weight is 322 g/mol. The maximum atomic E-state index is 13.7. The van der Waals surface area contributed by atoms with Crippen LogP contribution in [0.15, 0.2) is 46.9 Å². The summed E-state index contributed by atoms with van der Waals surface area (Å²) in [6, 6.07) is 13.5. The largest absolute Gasteiger partial charge is 0.380 e. The van der Waals surface area contributed by atoms with Crippen molar-refractivity contribution >= 4 is 21.6 Å². The first kappa shape index (κ1) is 14.1. The third kappa shape index (κ3) is 3.80. The molecule has 0 aromatic heterocycles. The van der Waals surface area contributed by atoms with Crippen molar-refractivity contribution in [3.8, 4) is 0 Å². The summed E-state index contributed by atoms with van der Waals surface area (Å²) < 4.78 is 14.8. The second-order valence-electron chi connectivity index (χ2n) is 4.81. The van der Waals surface area contributed by atoms with Gasteiger partial charge in [-0.3, -0.25) is 0 Å². The number of anilines is 1. The van der Waals surface area contributed by atoms with Crippen molar-refractivity contribution in [1.29, 1.82) is 0 Å². The highest BCUT2D eigenvalue weighted by molar-refractivity contribution is 9.10. The van der Waals surface area contributed by atoms with E-state index in [1.165, 1.54) is 11.6 Å². The molecule has 0 aliphatic rings. The zero-order valence-electron chi connectivity index (χ0n) is 11.1. The van der Waals surface area contributed by atoms with Gasteiger partial charge in [-0.2, -0.15) is 0 Å². The number of hydrogen-bond donors (Lipinski definition) is 1. The van der Waals surface area contributed by atoms with Crippen LogP contribution in [0, 0.1) is 12.7 Å². The molecule has 0 heterocycles. The number of hydrogen-bond acceptors (Lipinski definition) is 1. The zero-order valence-corrected chi connectivity index (χ0v) is 12.7. The second kappa shape index (κ2) is 6.20. The topological polar surface area (TPSA) is 12.0 Å². The van der Waals surface area contributed by atoms with E-state index in [-0.39, 0.29) is 11.9 Å². The van der Waals surface area contributed by atoms with E-state index >= 15 is 0 Å². The number of halogens is 2. The summed E-state index contributed by atoms with van der Waals surface area (Å²) in [6.07, 6.45) is 0.862. The number of para-hydroxylation sites is 1. The molecular formula is C16H17BrFN. The Balaban J connectivity index is 2.05. The fourth-order valence-corrected chi connectivity index (χ4v) is 2.35. The first-order chi connectivity index (χ1) is 9.06. The molecule has 2 rings (SSSR count). The highest BCUT2D eigenvalue weighted by Gasteiger charge is 2.09. The third-order valence-corrected chi connectivity index (χ3v) is 3.60. The molecule has 3 heteroatoms. The van der Waals surface area contributed by atoms with Crippen molar-refractivity contribution in [3.05, 3.63) is 63.9 Å². The summed E-state index contributed by atoms with van der Waals surface area (Å²) >= 11 is 3.42. The van der Waals surface area contributed by atoms with Crippen LogP contribution in [0.25, 0.3) is 0 Å². The van der Waals surface area contributed by atoms with Crippen LogP contribution in [0.3, 0.4) is 0 Å². The van der Waals surface area contributed by atoms with Gasteiger partial charge in [0, 0.05) is 10.5 Å². The van der Waals surface area contributed by atoms with Gasteiger partial charge in [0.05, 0.1) is 5.69 Å². The van der Waals surface area contributed by atoms with E-state index in [0.717, 1.165) is 16.5 Å². The Kier molecular flexibility index (Phi) is 4.59. The minimum Gasteiger partial charge on any atom is -0.380 e. The monoisotopic (exact) mass is 321 g/mol. The average Bonchev–Trinajstić information content (AvgIpc) is 2.37. The van der Waals surface area contributed by atoms with Crippen LogP contribution in [0.4, 0.5) is 10.1 Å². The summed E-state index contributed by atoms with van der Waals surface area (Å²) in [5, 5.41) is 3.25. The Bertz CT molecular complexity index is 531. The molecule has 0 saturated carbocycles. The standard InChI is InChI=1S/C16H17BrFN/c1-11-4-3-5-15(18)16(11)19-12(2)10-13-6-8-14(17)9-7-13/h3-9,12,19H,10H2,1-2H3. The van der Waals surface area contributed by atoms with Crippen molar-refractivity contribution in [1.82, 2.24) is 0 Å². The lowest BCUT2D eigenvalue weighted by molar-refractivity contribution is 0.624. The third-order valence-electron chi connectivity index (χ3n) is 3.07. The van der Waals surface area contributed by atoms with Crippen molar-refractivity contribution < 1.29 is 4.39 Å². The van der Waals surface area contributed by atoms with Crippen LogP contribution in [-0.4, -0.2) is 6.04 Å². The van der Waals surface area contributed by atoms with Gasteiger partial charge < -0.3 is 5.32 Å². The van der Waals surface area contributed by atoms with Gasteiger partial charge in [-0.05, 0) is 49.6 Å². The van der Waals surface area contributed by atoms with Crippen LogP contribution < -0.4 is 5.32 Å². The maximum absolute atomic E-state index is 13.7. The van der Waals surface area contributed by atoms with Crippen LogP contribution in [0.1, 0.15) is 18.1 Å². The van der Waals surface area contributed by atoms with Gasteiger partial charge in [0.2, 0.25) is 0 Å². The molecule has 1 N–H and O–H groups in total. The zero-order chi connectivity index (χ0) is 13.8. The van der Waals surface area contributed by atoms with E-state index in [2.05, 4.69) is 40.3 Å². The summed E-state index contributed by atoms with van der Waals surface area (Å²) in [5.74, 6) is -0.192.